The average molecular weight is 521 g/mol. The molecule has 0 aromatic heterocycles. The molecule has 0 amide bonds. The molecule has 192 valence electrons. The van der Waals surface area contributed by atoms with Gasteiger partial charge in [-0.3, -0.25) is 0 Å². The predicted molar refractivity (Wildman–Crippen MR) is 159 cm³/mol. The van der Waals surface area contributed by atoms with Crippen LogP contribution in [0.15, 0.2) is 55.1 Å². The lowest BCUT2D eigenvalue weighted by molar-refractivity contribution is 0.130. The second-order valence-corrected chi connectivity index (χ2v) is 12.4. The molecule has 4 heteroatoms. The van der Waals surface area contributed by atoms with E-state index in [1.807, 2.05) is 0 Å². The summed E-state index contributed by atoms with van der Waals surface area (Å²) in [5.74, 6) is 3.85. The molecule has 2 aromatic carbocycles. The molecule has 5 rings (SSSR count). The van der Waals surface area contributed by atoms with Crippen molar-refractivity contribution in [1.29, 1.82) is 0 Å². The number of allylic oxidation sites excluding steroid dienone is 2. The van der Waals surface area contributed by atoms with E-state index in [4.69, 9.17) is 11.6 Å². The summed E-state index contributed by atoms with van der Waals surface area (Å²) < 4.78 is 3.52. The van der Waals surface area contributed by atoms with E-state index in [1.165, 1.54) is 60.0 Å². The van der Waals surface area contributed by atoms with Crippen molar-refractivity contribution in [3.63, 3.8) is 0 Å². The highest BCUT2D eigenvalue weighted by Gasteiger charge is 2.38. The molecular weight excluding hydrogens is 480 g/mol. The Hall–Kier alpha value is -1.84. The summed E-state index contributed by atoms with van der Waals surface area (Å²) in [5.41, 5.74) is 8.04. The number of halogens is 1. The van der Waals surface area contributed by atoms with Crippen molar-refractivity contribution in [2.45, 2.75) is 64.7 Å². The van der Waals surface area contributed by atoms with E-state index in [2.05, 4.69) is 78.6 Å². The number of anilines is 1. The minimum absolute atomic E-state index is 0.514. The number of nitrogens with one attached hydrogen (secondary N) is 1. The van der Waals surface area contributed by atoms with Crippen LogP contribution in [0.4, 0.5) is 5.69 Å². The van der Waals surface area contributed by atoms with Gasteiger partial charge in [0.1, 0.15) is 0 Å². The number of hydrogen-bond acceptors (Lipinski definition) is 3. The maximum absolute atomic E-state index is 6.39. The number of benzene rings is 2. The SMILES string of the molecule is C=C1NSCCCC/C=C/C2CC(C)C2CN2CC(c3ccc(Cl)cc3CC)CCc3ccc1cc32. The molecule has 0 spiro atoms. The summed E-state index contributed by atoms with van der Waals surface area (Å²) >= 11 is 8.19. The smallest absolute Gasteiger partial charge is 0.0441 e. The zero-order chi connectivity index (χ0) is 25.1. The first-order valence-corrected chi connectivity index (χ1v) is 15.3. The summed E-state index contributed by atoms with van der Waals surface area (Å²) in [5, 5.41) is 0.851. The van der Waals surface area contributed by atoms with Crippen molar-refractivity contribution in [1.82, 2.24) is 4.72 Å². The van der Waals surface area contributed by atoms with Gasteiger partial charge in [-0.15, -0.1) is 0 Å². The molecule has 1 N–H and O–H groups in total. The van der Waals surface area contributed by atoms with Gasteiger partial charge in [-0.2, -0.15) is 0 Å². The van der Waals surface area contributed by atoms with Crippen LogP contribution in [0.25, 0.3) is 5.70 Å². The largest absolute Gasteiger partial charge is 0.370 e. The number of rotatable bonds is 2. The van der Waals surface area contributed by atoms with Crippen molar-refractivity contribution in [2.24, 2.45) is 17.8 Å². The van der Waals surface area contributed by atoms with Crippen LogP contribution in [0, 0.1) is 17.8 Å². The van der Waals surface area contributed by atoms with Crippen molar-refractivity contribution >= 4 is 34.9 Å². The van der Waals surface area contributed by atoms with E-state index >= 15 is 0 Å². The number of fused-ring (bicyclic) bond motifs is 2. The monoisotopic (exact) mass is 520 g/mol. The third kappa shape index (κ3) is 5.68. The molecule has 2 aliphatic heterocycles. The highest BCUT2D eigenvalue weighted by Crippen LogP contribution is 2.44. The summed E-state index contributed by atoms with van der Waals surface area (Å²) in [6.45, 7) is 11.3. The highest BCUT2D eigenvalue weighted by molar-refractivity contribution is 7.97. The Bertz CT molecular complexity index is 1110. The standard InChI is InChI=1S/C32H41ClN2S/c1-4-24-18-29(33)14-15-30(24)28-13-11-25-10-12-26-19-32(25)35(20-28)21-31-22(2)17-27(31)9-7-5-6-8-16-36-34-23(26)3/h7,9-10,12,14-15,18-19,22,27-28,31,34H,3-6,8,11,13,16-17,20-21H2,1-2H3/b9-7+. The summed E-state index contributed by atoms with van der Waals surface area (Å²) in [6, 6.07) is 13.6. The van der Waals surface area contributed by atoms with Gasteiger partial charge in [0, 0.05) is 41.2 Å². The van der Waals surface area contributed by atoms with E-state index in [9.17, 15) is 0 Å². The predicted octanol–water partition coefficient (Wildman–Crippen LogP) is 8.66. The fourth-order valence-electron chi connectivity index (χ4n) is 6.45. The van der Waals surface area contributed by atoms with Gasteiger partial charge in [-0.05, 0) is 103 Å². The topological polar surface area (TPSA) is 15.3 Å². The zero-order valence-electron chi connectivity index (χ0n) is 21.9. The van der Waals surface area contributed by atoms with Crippen LogP contribution in [0.1, 0.15) is 74.1 Å². The Kier molecular flexibility index (Phi) is 8.38. The zero-order valence-corrected chi connectivity index (χ0v) is 23.5. The summed E-state index contributed by atoms with van der Waals surface area (Å²) in [4.78, 5) is 2.73. The summed E-state index contributed by atoms with van der Waals surface area (Å²) in [6.07, 6.45) is 13.4. The molecule has 1 aliphatic carbocycles. The minimum Gasteiger partial charge on any atom is -0.370 e. The van der Waals surface area contributed by atoms with Crippen LogP contribution in [0.2, 0.25) is 5.02 Å². The fraction of sp³-hybridized carbons (Fsp3) is 0.500. The van der Waals surface area contributed by atoms with E-state index in [-0.39, 0.29) is 0 Å². The van der Waals surface area contributed by atoms with Gasteiger partial charge < -0.3 is 9.62 Å². The molecule has 36 heavy (non-hydrogen) atoms. The molecule has 2 nitrogen and oxygen atoms in total. The minimum atomic E-state index is 0.514. The van der Waals surface area contributed by atoms with Crippen molar-refractivity contribution in [2.75, 3.05) is 23.7 Å². The van der Waals surface area contributed by atoms with Gasteiger partial charge in [-0.1, -0.05) is 74.3 Å². The van der Waals surface area contributed by atoms with Crippen molar-refractivity contribution in [3.8, 4) is 0 Å². The molecule has 4 unspecified atom stereocenters. The first-order valence-electron chi connectivity index (χ1n) is 13.9. The molecule has 2 heterocycles. The normalized spacial score (nSPS) is 27.9. The molecule has 3 aliphatic rings. The van der Waals surface area contributed by atoms with Gasteiger partial charge in [-0.25, -0.2) is 0 Å². The van der Waals surface area contributed by atoms with Crippen LogP contribution in [0.3, 0.4) is 0 Å². The Labute approximate surface area is 227 Å². The Balaban J connectivity index is 1.51. The van der Waals surface area contributed by atoms with Crippen molar-refractivity contribution in [3.05, 3.63) is 82.4 Å². The van der Waals surface area contributed by atoms with Gasteiger partial charge in [0.25, 0.3) is 0 Å². The number of aryl methyl sites for hydroxylation is 2. The molecule has 1 saturated carbocycles. The second kappa shape index (κ2) is 11.7. The molecule has 1 fully saturated rings. The third-order valence-electron chi connectivity index (χ3n) is 8.70. The average Bonchev–Trinajstić information content (AvgIpc) is 3.06. The Morgan fingerprint density at radius 3 is 2.86 bits per heavy atom. The van der Waals surface area contributed by atoms with Crippen LogP contribution in [0.5, 0.6) is 0 Å². The number of nitrogens with zero attached hydrogens (tertiary/aromatic N) is 1. The lowest BCUT2D eigenvalue weighted by Crippen LogP contribution is -2.44. The van der Waals surface area contributed by atoms with Gasteiger partial charge >= 0.3 is 0 Å². The van der Waals surface area contributed by atoms with Gasteiger partial charge in [0.15, 0.2) is 0 Å². The quantitative estimate of drug-likeness (QED) is 0.315. The fourth-order valence-corrected chi connectivity index (χ4v) is 7.39. The number of hydrogen-bond donors (Lipinski definition) is 1. The summed E-state index contributed by atoms with van der Waals surface area (Å²) in [7, 11) is 0. The molecule has 0 saturated heterocycles. The maximum atomic E-state index is 6.39. The van der Waals surface area contributed by atoms with Gasteiger partial charge in [0.2, 0.25) is 0 Å². The Morgan fingerprint density at radius 2 is 2.03 bits per heavy atom. The van der Waals surface area contributed by atoms with Crippen LogP contribution in [-0.2, 0) is 12.8 Å². The maximum Gasteiger partial charge on any atom is 0.0441 e. The Morgan fingerprint density at radius 1 is 1.14 bits per heavy atom. The van der Waals surface area contributed by atoms with Crippen LogP contribution >= 0.6 is 23.5 Å². The van der Waals surface area contributed by atoms with E-state index < -0.39 is 0 Å². The first kappa shape index (κ1) is 25.8. The van der Waals surface area contributed by atoms with Crippen molar-refractivity contribution < 1.29 is 0 Å². The molecular formula is C32H41ClN2S. The van der Waals surface area contributed by atoms with E-state index in [1.54, 1.807) is 11.9 Å². The molecule has 2 aromatic rings. The molecule has 4 atom stereocenters. The lowest BCUT2D eigenvalue weighted by Gasteiger charge is -2.45. The van der Waals surface area contributed by atoms with Gasteiger partial charge in [0.05, 0.1) is 0 Å². The molecule has 2 bridgehead atoms. The second-order valence-electron chi connectivity index (χ2n) is 11.1. The van der Waals surface area contributed by atoms with E-state index in [0.29, 0.717) is 11.8 Å². The first-order chi connectivity index (χ1) is 17.5. The highest BCUT2D eigenvalue weighted by atomic mass is 35.5. The van der Waals surface area contributed by atoms with E-state index in [0.717, 1.165) is 54.2 Å². The van der Waals surface area contributed by atoms with Crippen LogP contribution in [-0.4, -0.2) is 18.8 Å². The lowest BCUT2D eigenvalue weighted by atomic mass is 9.65. The molecule has 0 radical (unpaired) electrons. The van der Waals surface area contributed by atoms with Crippen LogP contribution < -0.4 is 9.62 Å². The third-order valence-corrected chi connectivity index (χ3v) is 9.82.